The predicted molar refractivity (Wildman–Crippen MR) is 70.8 cm³/mol. The van der Waals surface area contributed by atoms with Crippen LogP contribution in [0.1, 0.15) is 34.8 Å². The van der Waals surface area contributed by atoms with Crippen molar-refractivity contribution in [1.82, 2.24) is 4.98 Å². The number of nitrogens with one attached hydrogen (secondary N) is 1. The third-order valence-electron chi connectivity index (χ3n) is 2.92. The Morgan fingerprint density at radius 2 is 2.17 bits per heavy atom. The maximum absolute atomic E-state index is 11.1. The SMILES string of the molecule is O=C(O)c1ccccc1Nc1nc(C2CC2)cs1. The summed E-state index contributed by atoms with van der Waals surface area (Å²) in [6.45, 7) is 0. The van der Waals surface area contributed by atoms with E-state index in [0.717, 1.165) is 10.8 Å². The standard InChI is InChI=1S/C13H12N2O2S/c16-12(17)9-3-1-2-4-10(9)14-13-15-11(7-18-13)8-5-6-8/h1-4,7-8H,5-6H2,(H,14,15)(H,16,17). The van der Waals surface area contributed by atoms with E-state index in [-0.39, 0.29) is 5.56 Å². The molecule has 0 amide bonds. The summed E-state index contributed by atoms with van der Waals surface area (Å²) in [6, 6.07) is 6.86. The molecule has 2 aromatic rings. The van der Waals surface area contributed by atoms with Gasteiger partial charge in [-0.15, -0.1) is 11.3 Å². The molecule has 1 aromatic carbocycles. The van der Waals surface area contributed by atoms with Gasteiger partial charge in [0.25, 0.3) is 0 Å². The number of carboxylic acids is 1. The van der Waals surface area contributed by atoms with Gasteiger partial charge in [0.15, 0.2) is 5.13 Å². The minimum absolute atomic E-state index is 0.265. The molecule has 0 spiro atoms. The molecule has 0 atom stereocenters. The molecule has 3 rings (SSSR count). The maximum Gasteiger partial charge on any atom is 0.337 e. The molecule has 0 radical (unpaired) electrons. The van der Waals surface area contributed by atoms with Crippen LogP contribution in [0.2, 0.25) is 0 Å². The van der Waals surface area contributed by atoms with Crippen molar-refractivity contribution in [2.24, 2.45) is 0 Å². The van der Waals surface area contributed by atoms with Crippen molar-refractivity contribution in [2.45, 2.75) is 18.8 Å². The zero-order valence-electron chi connectivity index (χ0n) is 9.59. The van der Waals surface area contributed by atoms with Gasteiger partial charge in [0.05, 0.1) is 16.9 Å². The van der Waals surface area contributed by atoms with Crippen LogP contribution in [-0.2, 0) is 0 Å². The largest absolute Gasteiger partial charge is 0.478 e. The molecule has 4 nitrogen and oxygen atoms in total. The molecule has 1 aliphatic carbocycles. The van der Waals surface area contributed by atoms with Crippen LogP contribution < -0.4 is 5.32 Å². The van der Waals surface area contributed by atoms with Crippen LogP contribution in [0.3, 0.4) is 0 Å². The van der Waals surface area contributed by atoms with Crippen molar-refractivity contribution in [3.63, 3.8) is 0 Å². The van der Waals surface area contributed by atoms with Gasteiger partial charge >= 0.3 is 5.97 Å². The number of benzene rings is 1. The van der Waals surface area contributed by atoms with Gasteiger partial charge in [-0.2, -0.15) is 0 Å². The maximum atomic E-state index is 11.1. The first kappa shape index (κ1) is 11.2. The topological polar surface area (TPSA) is 62.2 Å². The van der Waals surface area contributed by atoms with Crippen molar-refractivity contribution in [2.75, 3.05) is 5.32 Å². The Morgan fingerprint density at radius 3 is 2.89 bits per heavy atom. The molecular weight excluding hydrogens is 248 g/mol. The molecule has 1 aromatic heterocycles. The van der Waals surface area contributed by atoms with Crippen LogP contribution in [0.25, 0.3) is 0 Å². The Hall–Kier alpha value is -1.88. The minimum atomic E-state index is -0.933. The number of hydrogen-bond donors (Lipinski definition) is 2. The highest BCUT2D eigenvalue weighted by Gasteiger charge is 2.26. The highest BCUT2D eigenvalue weighted by molar-refractivity contribution is 7.13. The Morgan fingerprint density at radius 1 is 1.39 bits per heavy atom. The van der Waals surface area contributed by atoms with E-state index >= 15 is 0 Å². The average Bonchev–Trinajstić information content (AvgIpc) is 3.11. The van der Waals surface area contributed by atoms with E-state index in [9.17, 15) is 4.79 Å². The number of para-hydroxylation sites is 1. The minimum Gasteiger partial charge on any atom is -0.478 e. The van der Waals surface area contributed by atoms with Gasteiger partial charge in [-0.1, -0.05) is 12.1 Å². The van der Waals surface area contributed by atoms with Crippen LogP contribution in [0.5, 0.6) is 0 Å². The lowest BCUT2D eigenvalue weighted by Gasteiger charge is -2.05. The van der Waals surface area contributed by atoms with E-state index in [1.165, 1.54) is 24.2 Å². The van der Waals surface area contributed by atoms with Crippen LogP contribution >= 0.6 is 11.3 Å². The van der Waals surface area contributed by atoms with Gasteiger partial charge in [-0.3, -0.25) is 0 Å². The molecule has 0 saturated heterocycles. The Kier molecular flexibility index (Phi) is 2.76. The molecule has 92 valence electrons. The first-order valence-corrected chi connectivity index (χ1v) is 6.67. The number of rotatable bonds is 4. The highest BCUT2D eigenvalue weighted by atomic mass is 32.1. The second kappa shape index (κ2) is 4.42. The number of hydrogen-bond acceptors (Lipinski definition) is 4. The number of aromatic nitrogens is 1. The summed E-state index contributed by atoms with van der Waals surface area (Å²) in [5.74, 6) is -0.316. The Balaban J connectivity index is 1.84. The van der Waals surface area contributed by atoms with Gasteiger partial charge in [0.1, 0.15) is 0 Å². The van der Waals surface area contributed by atoms with E-state index in [1.807, 2.05) is 11.4 Å². The Labute approximate surface area is 108 Å². The van der Waals surface area contributed by atoms with Crippen LogP contribution in [0, 0.1) is 0 Å². The van der Waals surface area contributed by atoms with Gasteiger partial charge in [0, 0.05) is 11.3 Å². The third-order valence-corrected chi connectivity index (χ3v) is 3.69. The molecule has 1 saturated carbocycles. The number of thiazole rings is 1. The second-order valence-electron chi connectivity index (χ2n) is 4.33. The molecule has 0 aliphatic heterocycles. The molecule has 1 fully saturated rings. The lowest BCUT2D eigenvalue weighted by Crippen LogP contribution is -2.02. The highest BCUT2D eigenvalue weighted by Crippen LogP contribution is 2.41. The number of anilines is 2. The van der Waals surface area contributed by atoms with E-state index in [0.29, 0.717) is 11.6 Å². The summed E-state index contributed by atoms with van der Waals surface area (Å²) in [5, 5.41) is 15.0. The van der Waals surface area contributed by atoms with Gasteiger partial charge in [-0.05, 0) is 25.0 Å². The molecule has 1 heterocycles. The third kappa shape index (κ3) is 2.22. The monoisotopic (exact) mass is 260 g/mol. The smallest absolute Gasteiger partial charge is 0.337 e. The number of aromatic carboxylic acids is 1. The summed E-state index contributed by atoms with van der Waals surface area (Å²) < 4.78 is 0. The number of carboxylic acid groups (broad SMARTS) is 1. The van der Waals surface area contributed by atoms with Crippen LogP contribution in [0.4, 0.5) is 10.8 Å². The fourth-order valence-corrected chi connectivity index (χ4v) is 2.61. The fraction of sp³-hybridized carbons (Fsp3) is 0.231. The van der Waals surface area contributed by atoms with Crippen molar-refractivity contribution >= 4 is 28.1 Å². The van der Waals surface area contributed by atoms with Gasteiger partial charge in [0.2, 0.25) is 0 Å². The average molecular weight is 260 g/mol. The molecule has 0 bridgehead atoms. The number of nitrogens with zero attached hydrogens (tertiary/aromatic N) is 1. The number of carbonyl (C=O) groups is 1. The zero-order valence-corrected chi connectivity index (χ0v) is 10.4. The summed E-state index contributed by atoms with van der Waals surface area (Å²) in [4.78, 5) is 15.6. The second-order valence-corrected chi connectivity index (χ2v) is 5.19. The quantitative estimate of drug-likeness (QED) is 0.883. The summed E-state index contributed by atoms with van der Waals surface area (Å²) in [5.41, 5.74) is 1.97. The van der Waals surface area contributed by atoms with Crippen molar-refractivity contribution in [3.05, 3.63) is 40.9 Å². The van der Waals surface area contributed by atoms with E-state index in [4.69, 9.17) is 5.11 Å². The van der Waals surface area contributed by atoms with Crippen LogP contribution in [-0.4, -0.2) is 16.1 Å². The first-order chi connectivity index (χ1) is 8.74. The van der Waals surface area contributed by atoms with Gasteiger partial charge in [-0.25, -0.2) is 9.78 Å². The zero-order chi connectivity index (χ0) is 12.5. The van der Waals surface area contributed by atoms with E-state index < -0.39 is 5.97 Å². The molecule has 1 aliphatic rings. The molecule has 2 N–H and O–H groups in total. The van der Waals surface area contributed by atoms with Crippen LogP contribution in [0.15, 0.2) is 29.6 Å². The molecular formula is C13H12N2O2S. The van der Waals surface area contributed by atoms with Crippen molar-refractivity contribution in [1.29, 1.82) is 0 Å². The fourth-order valence-electron chi connectivity index (χ4n) is 1.80. The lowest BCUT2D eigenvalue weighted by atomic mass is 10.2. The van der Waals surface area contributed by atoms with Gasteiger partial charge < -0.3 is 10.4 Å². The van der Waals surface area contributed by atoms with E-state index in [1.54, 1.807) is 18.2 Å². The molecule has 18 heavy (non-hydrogen) atoms. The summed E-state index contributed by atoms with van der Waals surface area (Å²) >= 11 is 1.52. The lowest BCUT2D eigenvalue weighted by molar-refractivity contribution is 0.0698. The van der Waals surface area contributed by atoms with E-state index in [2.05, 4.69) is 10.3 Å². The predicted octanol–water partition coefficient (Wildman–Crippen LogP) is 3.46. The Bertz CT molecular complexity index is 590. The summed E-state index contributed by atoms with van der Waals surface area (Å²) in [6.07, 6.45) is 2.43. The summed E-state index contributed by atoms with van der Waals surface area (Å²) in [7, 11) is 0. The normalized spacial score (nSPS) is 14.4. The molecule has 0 unspecified atom stereocenters. The molecule has 5 heteroatoms. The van der Waals surface area contributed by atoms with Crippen molar-refractivity contribution in [3.8, 4) is 0 Å². The first-order valence-electron chi connectivity index (χ1n) is 5.79. The van der Waals surface area contributed by atoms with Crippen molar-refractivity contribution < 1.29 is 9.90 Å².